The molecule has 0 bridgehead atoms. The summed E-state index contributed by atoms with van der Waals surface area (Å²) >= 11 is 0. The van der Waals surface area contributed by atoms with Gasteiger partial charge in [0.15, 0.2) is 0 Å². The Bertz CT molecular complexity index is 407. The number of aliphatic hydroxyl groups excluding tert-OH is 1. The van der Waals surface area contributed by atoms with E-state index in [1.165, 1.54) is 5.56 Å². The van der Waals surface area contributed by atoms with Crippen LogP contribution >= 0.6 is 0 Å². The van der Waals surface area contributed by atoms with E-state index in [0.717, 1.165) is 6.42 Å². The zero-order valence-electron chi connectivity index (χ0n) is 13.3. The number of hydrogen-bond donors (Lipinski definition) is 3. The van der Waals surface area contributed by atoms with Gasteiger partial charge in [0.05, 0.1) is 0 Å². The molecule has 0 saturated heterocycles. The van der Waals surface area contributed by atoms with Crippen molar-refractivity contribution in [3.63, 3.8) is 0 Å². The maximum atomic E-state index is 11.9. The Morgan fingerprint density at radius 1 is 1.19 bits per heavy atom. The van der Waals surface area contributed by atoms with Gasteiger partial charge in [0.25, 0.3) is 0 Å². The molecule has 0 aliphatic rings. The lowest BCUT2D eigenvalue weighted by molar-refractivity contribution is 0.233. The quantitative estimate of drug-likeness (QED) is 0.690. The van der Waals surface area contributed by atoms with Crippen LogP contribution in [0.15, 0.2) is 30.3 Å². The fourth-order valence-corrected chi connectivity index (χ4v) is 2.39. The number of aliphatic hydroxyl groups is 1. The third-order valence-corrected chi connectivity index (χ3v) is 3.69. The minimum absolute atomic E-state index is 0.0753. The molecule has 1 aromatic rings. The van der Waals surface area contributed by atoms with E-state index in [1.807, 2.05) is 25.1 Å². The van der Waals surface area contributed by atoms with Gasteiger partial charge >= 0.3 is 6.03 Å². The van der Waals surface area contributed by atoms with Crippen LogP contribution in [0.1, 0.15) is 45.1 Å². The number of benzene rings is 1. The van der Waals surface area contributed by atoms with E-state index in [2.05, 4.69) is 36.6 Å². The van der Waals surface area contributed by atoms with Crippen molar-refractivity contribution in [2.45, 2.75) is 45.6 Å². The maximum Gasteiger partial charge on any atom is 0.315 e. The molecule has 4 heteroatoms. The van der Waals surface area contributed by atoms with Gasteiger partial charge in [-0.3, -0.25) is 0 Å². The van der Waals surface area contributed by atoms with Crippen molar-refractivity contribution in [2.24, 2.45) is 5.92 Å². The summed E-state index contributed by atoms with van der Waals surface area (Å²) in [6.07, 6.45) is 1.50. The molecule has 2 unspecified atom stereocenters. The van der Waals surface area contributed by atoms with Crippen molar-refractivity contribution >= 4 is 6.03 Å². The van der Waals surface area contributed by atoms with Crippen molar-refractivity contribution in [1.29, 1.82) is 0 Å². The highest BCUT2D eigenvalue weighted by atomic mass is 16.3. The van der Waals surface area contributed by atoms with E-state index in [1.54, 1.807) is 0 Å². The second-order valence-corrected chi connectivity index (χ2v) is 5.88. The second kappa shape index (κ2) is 9.40. The van der Waals surface area contributed by atoms with Gasteiger partial charge in [-0.2, -0.15) is 0 Å². The molecule has 2 atom stereocenters. The van der Waals surface area contributed by atoms with E-state index in [0.29, 0.717) is 24.8 Å². The molecule has 118 valence electrons. The molecular formula is C17H28N2O2. The Morgan fingerprint density at radius 3 is 2.43 bits per heavy atom. The summed E-state index contributed by atoms with van der Waals surface area (Å²) < 4.78 is 0. The minimum atomic E-state index is -0.137. The average molecular weight is 292 g/mol. The Morgan fingerprint density at radius 2 is 1.86 bits per heavy atom. The summed E-state index contributed by atoms with van der Waals surface area (Å²) in [6.45, 7) is 7.08. The molecule has 0 aliphatic heterocycles. The third-order valence-electron chi connectivity index (χ3n) is 3.69. The predicted molar refractivity (Wildman–Crippen MR) is 86.3 cm³/mol. The Kier molecular flexibility index (Phi) is 7.83. The van der Waals surface area contributed by atoms with Crippen molar-refractivity contribution in [3.8, 4) is 0 Å². The summed E-state index contributed by atoms with van der Waals surface area (Å²) in [7, 11) is 0. The monoisotopic (exact) mass is 292 g/mol. The van der Waals surface area contributed by atoms with E-state index in [9.17, 15) is 4.79 Å². The van der Waals surface area contributed by atoms with Gasteiger partial charge < -0.3 is 15.7 Å². The van der Waals surface area contributed by atoms with Gasteiger partial charge in [0.1, 0.15) is 0 Å². The SMILES string of the molecule is CC(CCCO)NC(=O)NCC(c1ccccc1)C(C)C. The van der Waals surface area contributed by atoms with Crippen LogP contribution in [0.3, 0.4) is 0 Å². The number of rotatable bonds is 8. The fraction of sp³-hybridized carbons (Fsp3) is 0.588. The Labute approximate surface area is 128 Å². The summed E-state index contributed by atoms with van der Waals surface area (Å²) in [5.41, 5.74) is 1.25. The Balaban J connectivity index is 2.45. The number of nitrogens with one attached hydrogen (secondary N) is 2. The molecule has 0 fully saturated rings. The predicted octanol–water partition coefficient (Wildman–Crippen LogP) is 2.89. The van der Waals surface area contributed by atoms with Crippen molar-refractivity contribution in [2.75, 3.05) is 13.2 Å². The van der Waals surface area contributed by atoms with Gasteiger partial charge in [-0.15, -0.1) is 0 Å². The Hall–Kier alpha value is -1.55. The molecule has 0 radical (unpaired) electrons. The molecule has 4 nitrogen and oxygen atoms in total. The maximum absolute atomic E-state index is 11.9. The summed E-state index contributed by atoms with van der Waals surface area (Å²) in [4.78, 5) is 11.9. The number of carbonyl (C=O) groups excluding carboxylic acids is 1. The van der Waals surface area contributed by atoms with Crippen LogP contribution in [-0.2, 0) is 0 Å². The van der Waals surface area contributed by atoms with Crippen LogP contribution in [0, 0.1) is 5.92 Å². The van der Waals surface area contributed by atoms with Crippen LogP contribution in [0.25, 0.3) is 0 Å². The first kappa shape index (κ1) is 17.5. The van der Waals surface area contributed by atoms with Crippen LogP contribution in [-0.4, -0.2) is 30.3 Å². The normalized spacial score (nSPS) is 13.8. The number of urea groups is 1. The first-order valence-electron chi connectivity index (χ1n) is 7.74. The van der Waals surface area contributed by atoms with E-state index < -0.39 is 0 Å². The summed E-state index contributed by atoms with van der Waals surface area (Å²) in [5, 5.41) is 14.6. The molecule has 3 N–H and O–H groups in total. The first-order valence-corrected chi connectivity index (χ1v) is 7.74. The number of carbonyl (C=O) groups is 1. The van der Waals surface area contributed by atoms with Crippen molar-refractivity contribution in [3.05, 3.63) is 35.9 Å². The second-order valence-electron chi connectivity index (χ2n) is 5.88. The molecule has 1 rings (SSSR count). The van der Waals surface area contributed by atoms with Crippen LogP contribution in [0.4, 0.5) is 4.79 Å². The molecular weight excluding hydrogens is 264 g/mol. The highest BCUT2D eigenvalue weighted by molar-refractivity contribution is 5.74. The minimum Gasteiger partial charge on any atom is -0.396 e. The lowest BCUT2D eigenvalue weighted by Gasteiger charge is -2.22. The fourth-order valence-electron chi connectivity index (χ4n) is 2.39. The number of amides is 2. The van der Waals surface area contributed by atoms with Gasteiger partial charge in [-0.1, -0.05) is 44.2 Å². The van der Waals surface area contributed by atoms with Crippen LogP contribution in [0.2, 0.25) is 0 Å². The summed E-state index contributed by atoms with van der Waals surface area (Å²) in [6, 6.07) is 10.2. The molecule has 0 spiro atoms. The number of hydrogen-bond acceptors (Lipinski definition) is 2. The summed E-state index contributed by atoms with van der Waals surface area (Å²) in [5.74, 6) is 0.768. The standard InChI is InChI=1S/C17H28N2O2/c1-13(2)16(15-9-5-4-6-10-15)12-18-17(21)19-14(3)8-7-11-20/h4-6,9-10,13-14,16,20H,7-8,11-12H2,1-3H3,(H2,18,19,21). The van der Waals surface area contributed by atoms with Crippen molar-refractivity contribution in [1.82, 2.24) is 10.6 Å². The first-order chi connectivity index (χ1) is 10.0. The zero-order valence-corrected chi connectivity index (χ0v) is 13.3. The van der Waals surface area contributed by atoms with Gasteiger partial charge in [-0.05, 0) is 31.2 Å². The van der Waals surface area contributed by atoms with E-state index in [-0.39, 0.29) is 18.7 Å². The van der Waals surface area contributed by atoms with Crippen LogP contribution in [0.5, 0.6) is 0 Å². The highest BCUT2D eigenvalue weighted by Gasteiger charge is 2.17. The zero-order chi connectivity index (χ0) is 15.7. The molecule has 0 saturated carbocycles. The van der Waals surface area contributed by atoms with Crippen LogP contribution < -0.4 is 10.6 Å². The lowest BCUT2D eigenvalue weighted by Crippen LogP contribution is -2.42. The highest BCUT2D eigenvalue weighted by Crippen LogP contribution is 2.23. The average Bonchev–Trinajstić information content (AvgIpc) is 2.46. The molecule has 1 aromatic carbocycles. The smallest absolute Gasteiger partial charge is 0.315 e. The lowest BCUT2D eigenvalue weighted by atomic mass is 9.88. The molecule has 0 heterocycles. The van der Waals surface area contributed by atoms with Crippen molar-refractivity contribution < 1.29 is 9.90 Å². The molecule has 21 heavy (non-hydrogen) atoms. The third kappa shape index (κ3) is 6.63. The van der Waals surface area contributed by atoms with Gasteiger partial charge in [0.2, 0.25) is 0 Å². The largest absolute Gasteiger partial charge is 0.396 e. The topological polar surface area (TPSA) is 61.4 Å². The molecule has 0 aromatic heterocycles. The van der Waals surface area contributed by atoms with Gasteiger partial charge in [0, 0.05) is 25.1 Å². The van der Waals surface area contributed by atoms with E-state index in [4.69, 9.17) is 5.11 Å². The van der Waals surface area contributed by atoms with Gasteiger partial charge in [-0.25, -0.2) is 4.79 Å². The van der Waals surface area contributed by atoms with E-state index >= 15 is 0 Å². The molecule has 2 amide bonds. The molecule has 0 aliphatic carbocycles.